The Kier molecular flexibility index (Phi) is 1.57. The van der Waals surface area contributed by atoms with Crippen molar-refractivity contribution in [3.05, 3.63) is 36.2 Å². The van der Waals surface area contributed by atoms with Crippen molar-refractivity contribution in [1.82, 2.24) is 9.38 Å². The Balaban J connectivity index is 2.82. The van der Waals surface area contributed by atoms with Crippen LogP contribution >= 0.6 is 0 Å². The normalized spacial score (nSPS) is 10.8. The lowest BCUT2D eigenvalue weighted by molar-refractivity contribution is 0.631. The molecule has 0 amide bonds. The van der Waals surface area contributed by atoms with Gasteiger partial charge in [0, 0.05) is 5.69 Å². The molecule has 0 N–H and O–H groups in total. The molecule has 2 nitrogen and oxygen atoms in total. The van der Waals surface area contributed by atoms with Crippen LogP contribution in [0.3, 0.4) is 0 Å². The molecule has 0 aliphatic heterocycles. The second kappa shape index (κ2) is 2.59. The third kappa shape index (κ3) is 0.897. The molecule has 0 spiro atoms. The highest BCUT2D eigenvalue weighted by Crippen LogP contribution is 2.11. The van der Waals surface area contributed by atoms with Gasteiger partial charge in [0.15, 0.2) is 0 Å². The lowest BCUT2D eigenvalue weighted by atomic mass is 10.2. The quantitative estimate of drug-likeness (QED) is 0.630. The van der Waals surface area contributed by atoms with Crippen molar-refractivity contribution in [1.29, 1.82) is 0 Å². The minimum absolute atomic E-state index is 0.218. The summed E-state index contributed by atoms with van der Waals surface area (Å²) < 4.78 is 14.8. The van der Waals surface area contributed by atoms with Gasteiger partial charge in [0.05, 0.1) is 12.5 Å². The number of hydrogen-bond donors (Lipinski definition) is 0. The fourth-order valence-electron chi connectivity index (χ4n) is 1.32. The molecule has 0 aliphatic carbocycles. The van der Waals surface area contributed by atoms with Crippen LogP contribution < -0.4 is 0 Å². The molecule has 0 radical (unpaired) electrons. The van der Waals surface area contributed by atoms with Gasteiger partial charge in [-0.3, -0.25) is 0 Å². The first-order chi connectivity index (χ1) is 5.83. The Morgan fingerprint density at radius 1 is 1.50 bits per heavy atom. The van der Waals surface area contributed by atoms with Crippen molar-refractivity contribution in [2.75, 3.05) is 0 Å². The second-order valence-electron chi connectivity index (χ2n) is 2.68. The minimum Gasteiger partial charge on any atom is -0.301 e. The van der Waals surface area contributed by atoms with Gasteiger partial charge < -0.3 is 4.40 Å². The van der Waals surface area contributed by atoms with E-state index >= 15 is 0 Å². The van der Waals surface area contributed by atoms with E-state index in [1.54, 1.807) is 16.8 Å². The van der Waals surface area contributed by atoms with Gasteiger partial charge in [0.1, 0.15) is 11.3 Å². The standard InChI is InChI=1S/C9H9FN2/c1-2-7-3-4-8(10)9-5-11-6-12(7)9/h3-6H,2H2,1H3. The molecule has 0 unspecified atom stereocenters. The highest BCUT2D eigenvalue weighted by atomic mass is 19.1. The first kappa shape index (κ1) is 7.28. The van der Waals surface area contributed by atoms with E-state index in [4.69, 9.17) is 0 Å². The minimum atomic E-state index is -0.218. The van der Waals surface area contributed by atoms with Gasteiger partial charge in [0.25, 0.3) is 0 Å². The molecular weight excluding hydrogens is 155 g/mol. The highest BCUT2D eigenvalue weighted by Gasteiger charge is 2.02. The molecule has 0 bridgehead atoms. The van der Waals surface area contributed by atoms with E-state index in [0.29, 0.717) is 5.52 Å². The van der Waals surface area contributed by atoms with E-state index in [9.17, 15) is 4.39 Å². The summed E-state index contributed by atoms with van der Waals surface area (Å²) in [4.78, 5) is 3.89. The molecular formula is C9H9FN2. The molecule has 2 aromatic heterocycles. The number of aromatic nitrogens is 2. The van der Waals surface area contributed by atoms with Gasteiger partial charge in [-0.15, -0.1) is 0 Å². The van der Waals surface area contributed by atoms with Crippen LogP contribution in [0.1, 0.15) is 12.6 Å². The van der Waals surface area contributed by atoms with E-state index in [0.717, 1.165) is 12.1 Å². The van der Waals surface area contributed by atoms with Crippen LogP contribution in [0.15, 0.2) is 24.7 Å². The van der Waals surface area contributed by atoms with Gasteiger partial charge in [-0.1, -0.05) is 6.92 Å². The Labute approximate surface area is 69.7 Å². The van der Waals surface area contributed by atoms with E-state index in [-0.39, 0.29) is 5.82 Å². The van der Waals surface area contributed by atoms with Crippen molar-refractivity contribution in [2.24, 2.45) is 0 Å². The van der Waals surface area contributed by atoms with Crippen molar-refractivity contribution in [3.8, 4) is 0 Å². The summed E-state index contributed by atoms with van der Waals surface area (Å²) in [5, 5.41) is 0. The number of rotatable bonds is 1. The number of fused-ring (bicyclic) bond motifs is 1. The molecule has 0 fully saturated rings. The predicted octanol–water partition coefficient (Wildman–Crippen LogP) is 2.04. The number of imidazole rings is 1. The average Bonchev–Trinajstić information content (AvgIpc) is 2.54. The zero-order chi connectivity index (χ0) is 8.55. The molecule has 2 aromatic rings. The molecule has 0 atom stereocenters. The molecule has 0 saturated heterocycles. The summed E-state index contributed by atoms with van der Waals surface area (Å²) in [5.41, 5.74) is 1.62. The lowest BCUT2D eigenvalue weighted by Crippen LogP contribution is -1.94. The average molecular weight is 164 g/mol. The smallest absolute Gasteiger partial charge is 0.148 e. The Hall–Kier alpha value is -1.38. The fourth-order valence-corrected chi connectivity index (χ4v) is 1.32. The maximum Gasteiger partial charge on any atom is 0.148 e. The van der Waals surface area contributed by atoms with Crippen molar-refractivity contribution < 1.29 is 4.39 Å². The van der Waals surface area contributed by atoms with Gasteiger partial charge in [-0.2, -0.15) is 0 Å². The zero-order valence-corrected chi connectivity index (χ0v) is 6.79. The zero-order valence-electron chi connectivity index (χ0n) is 6.79. The number of hydrogen-bond acceptors (Lipinski definition) is 1. The molecule has 12 heavy (non-hydrogen) atoms. The number of pyridine rings is 1. The molecule has 0 aliphatic rings. The van der Waals surface area contributed by atoms with Crippen LogP contribution in [-0.2, 0) is 6.42 Å². The van der Waals surface area contributed by atoms with Crippen LogP contribution in [0.2, 0.25) is 0 Å². The number of halogens is 1. The maximum atomic E-state index is 13.1. The number of nitrogens with zero attached hydrogens (tertiary/aromatic N) is 2. The van der Waals surface area contributed by atoms with Crippen molar-refractivity contribution >= 4 is 5.52 Å². The first-order valence-electron chi connectivity index (χ1n) is 3.92. The molecule has 2 heterocycles. The fraction of sp³-hybridized carbons (Fsp3) is 0.222. The second-order valence-corrected chi connectivity index (χ2v) is 2.68. The third-order valence-corrected chi connectivity index (χ3v) is 1.98. The Morgan fingerprint density at radius 3 is 3.08 bits per heavy atom. The summed E-state index contributed by atoms with van der Waals surface area (Å²) in [6.07, 6.45) is 4.05. The maximum absolute atomic E-state index is 13.1. The van der Waals surface area contributed by atoms with Gasteiger partial charge in [0.2, 0.25) is 0 Å². The summed E-state index contributed by atoms with van der Waals surface area (Å²) in [5.74, 6) is -0.218. The Morgan fingerprint density at radius 2 is 2.33 bits per heavy atom. The topological polar surface area (TPSA) is 17.3 Å². The third-order valence-electron chi connectivity index (χ3n) is 1.98. The van der Waals surface area contributed by atoms with Crippen LogP contribution in [0, 0.1) is 5.82 Å². The SMILES string of the molecule is CCc1ccc(F)c2cncn12. The highest BCUT2D eigenvalue weighted by molar-refractivity contribution is 5.47. The predicted molar refractivity (Wildman–Crippen MR) is 44.5 cm³/mol. The van der Waals surface area contributed by atoms with Crippen molar-refractivity contribution in [2.45, 2.75) is 13.3 Å². The van der Waals surface area contributed by atoms with Gasteiger partial charge in [-0.25, -0.2) is 9.37 Å². The van der Waals surface area contributed by atoms with Gasteiger partial charge in [-0.05, 0) is 18.6 Å². The molecule has 0 saturated carbocycles. The van der Waals surface area contributed by atoms with Crippen LogP contribution in [0.25, 0.3) is 5.52 Å². The van der Waals surface area contributed by atoms with Gasteiger partial charge >= 0.3 is 0 Å². The van der Waals surface area contributed by atoms with Crippen LogP contribution in [-0.4, -0.2) is 9.38 Å². The largest absolute Gasteiger partial charge is 0.301 e. The van der Waals surface area contributed by atoms with E-state index in [2.05, 4.69) is 4.98 Å². The van der Waals surface area contributed by atoms with Crippen molar-refractivity contribution in [3.63, 3.8) is 0 Å². The monoisotopic (exact) mass is 164 g/mol. The molecule has 0 aromatic carbocycles. The molecule has 3 heteroatoms. The van der Waals surface area contributed by atoms with E-state index < -0.39 is 0 Å². The Bertz CT molecular complexity index is 406. The van der Waals surface area contributed by atoms with E-state index in [1.165, 1.54) is 12.3 Å². The summed E-state index contributed by atoms with van der Waals surface area (Å²) in [6.45, 7) is 2.03. The summed E-state index contributed by atoms with van der Waals surface area (Å²) >= 11 is 0. The molecule has 62 valence electrons. The lowest BCUT2D eigenvalue weighted by Gasteiger charge is -2.01. The summed E-state index contributed by atoms with van der Waals surface area (Å²) in [7, 11) is 0. The first-order valence-corrected chi connectivity index (χ1v) is 3.92. The van der Waals surface area contributed by atoms with Crippen LogP contribution in [0.4, 0.5) is 4.39 Å². The van der Waals surface area contributed by atoms with Crippen LogP contribution in [0.5, 0.6) is 0 Å². The number of aryl methyl sites for hydroxylation is 1. The molecule has 2 rings (SSSR count). The summed E-state index contributed by atoms with van der Waals surface area (Å²) in [6, 6.07) is 3.26. The van der Waals surface area contributed by atoms with E-state index in [1.807, 2.05) is 6.92 Å².